The summed E-state index contributed by atoms with van der Waals surface area (Å²) in [5.41, 5.74) is 3.43. The van der Waals surface area contributed by atoms with E-state index in [1.807, 2.05) is 0 Å². The minimum atomic E-state index is -1.47. The summed E-state index contributed by atoms with van der Waals surface area (Å²) in [6.07, 6.45) is 0.538. The summed E-state index contributed by atoms with van der Waals surface area (Å²) in [6.45, 7) is 4.84. The van der Waals surface area contributed by atoms with Gasteiger partial charge in [0, 0.05) is 6.54 Å². The van der Waals surface area contributed by atoms with Crippen LogP contribution in [0, 0.1) is 0 Å². The SMILES string of the molecule is CCC(N)(CC)C(=O)NCC(C)(O)CC(=O)O. The zero-order valence-corrected chi connectivity index (χ0v) is 10.6. The van der Waals surface area contributed by atoms with Crippen molar-refractivity contribution in [1.82, 2.24) is 5.32 Å². The Balaban J connectivity index is 4.37. The normalized spacial score (nSPS) is 15.1. The van der Waals surface area contributed by atoms with E-state index in [-0.39, 0.29) is 12.5 Å². The second-order valence-electron chi connectivity index (χ2n) is 4.61. The van der Waals surface area contributed by atoms with Crippen LogP contribution in [0.1, 0.15) is 40.0 Å². The van der Waals surface area contributed by atoms with E-state index in [4.69, 9.17) is 10.8 Å². The number of rotatable bonds is 7. The predicted octanol–water partition coefficient (Wildman–Crippen LogP) is -0.154. The number of hydrogen-bond donors (Lipinski definition) is 4. The fourth-order valence-electron chi connectivity index (χ4n) is 1.41. The second kappa shape index (κ2) is 5.97. The highest BCUT2D eigenvalue weighted by Gasteiger charge is 2.32. The van der Waals surface area contributed by atoms with Crippen molar-refractivity contribution in [2.75, 3.05) is 6.54 Å². The average Bonchev–Trinajstić information content (AvgIpc) is 2.23. The van der Waals surface area contributed by atoms with Crippen LogP contribution < -0.4 is 11.1 Å². The first-order chi connectivity index (χ1) is 7.67. The molecule has 17 heavy (non-hydrogen) atoms. The van der Waals surface area contributed by atoms with E-state index >= 15 is 0 Å². The van der Waals surface area contributed by atoms with Crippen molar-refractivity contribution in [3.63, 3.8) is 0 Å². The molecular weight excluding hydrogens is 224 g/mol. The van der Waals surface area contributed by atoms with Gasteiger partial charge in [0.15, 0.2) is 0 Å². The standard InChI is InChI=1S/C11H22N2O4/c1-4-11(12,5-2)9(16)13-7-10(3,17)6-8(14)15/h17H,4-7,12H2,1-3H3,(H,13,16)(H,14,15). The summed E-state index contributed by atoms with van der Waals surface area (Å²) < 4.78 is 0. The Morgan fingerprint density at radius 1 is 1.29 bits per heavy atom. The van der Waals surface area contributed by atoms with Crippen LogP contribution >= 0.6 is 0 Å². The molecule has 0 saturated carbocycles. The minimum absolute atomic E-state index is 0.128. The lowest BCUT2D eigenvalue weighted by molar-refractivity contribution is -0.142. The molecule has 6 heteroatoms. The zero-order valence-electron chi connectivity index (χ0n) is 10.6. The van der Waals surface area contributed by atoms with E-state index in [9.17, 15) is 14.7 Å². The number of aliphatic hydroxyl groups is 1. The first-order valence-electron chi connectivity index (χ1n) is 5.68. The monoisotopic (exact) mass is 246 g/mol. The summed E-state index contributed by atoms with van der Waals surface area (Å²) in [5, 5.41) is 20.8. The van der Waals surface area contributed by atoms with Gasteiger partial charge in [0.05, 0.1) is 17.6 Å². The predicted molar refractivity (Wildman–Crippen MR) is 63.4 cm³/mol. The molecule has 5 N–H and O–H groups in total. The number of nitrogens with two attached hydrogens (primary N) is 1. The summed E-state index contributed by atoms with van der Waals surface area (Å²) in [6, 6.07) is 0. The Bertz CT molecular complexity index is 285. The molecule has 0 heterocycles. The number of aliphatic carboxylic acids is 1. The highest BCUT2D eigenvalue weighted by Crippen LogP contribution is 2.13. The molecule has 0 aromatic rings. The Labute approximate surface area is 101 Å². The molecular formula is C11H22N2O4. The van der Waals surface area contributed by atoms with Crippen molar-refractivity contribution >= 4 is 11.9 Å². The molecule has 1 amide bonds. The van der Waals surface area contributed by atoms with Gasteiger partial charge < -0.3 is 21.3 Å². The van der Waals surface area contributed by atoms with Gasteiger partial charge >= 0.3 is 5.97 Å². The molecule has 0 aromatic carbocycles. The molecule has 1 unspecified atom stereocenters. The number of amides is 1. The molecule has 0 radical (unpaired) electrons. The quantitative estimate of drug-likeness (QED) is 0.499. The first-order valence-corrected chi connectivity index (χ1v) is 5.68. The van der Waals surface area contributed by atoms with Crippen LogP contribution in [0.2, 0.25) is 0 Å². The van der Waals surface area contributed by atoms with Crippen molar-refractivity contribution in [3.05, 3.63) is 0 Å². The van der Waals surface area contributed by atoms with Crippen LogP contribution in [0.5, 0.6) is 0 Å². The molecule has 0 fully saturated rings. The summed E-state index contributed by atoms with van der Waals surface area (Å²) in [4.78, 5) is 22.2. The van der Waals surface area contributed by atoms with Gasteiger partial charge in [-0.15, -0.1) is 0 Å². The maximum absolute atomic E-state index is 11.8. The van der Waals surface area contributed by atoms with Crippen molar-refractivity contribution < 1.29 is 19.8 Å². The molecule has 0 bridgehead atoms. The Kier molecular flexibility index (Phi) is 5.57. The van der Waals surface area contributed by atoms with Gasteiger partial charge in [-0.3, -0.25) is 9.59 Å². The molecule has 6 nitrogen and oxygen atoms in total. The smallest absolute Gasteiger partial charge is 0.306 e. The van der Waals surface area contributed by atoms with Gasteiger partial charge in [0.25, 0.3) is 0 Å². The van der Waals surface area contributed by atoms with Crippen molar-refractivity contribution in [2.24, 2.45) is 5.73 Å². The van der Waals surface area contributed by atoms with Crippen molar-refractivity contribution in [2.45, 2.75) is 51.2 Å². The minimum Gasteiger partial charge on any atom is -0.481 e. The Hall–Kier alpha value is -1.14. The zero-order chi connectivity index (χ0) is 13.7. The fourth-order valence-corrected chi connectivity index (χ4v) is 1.41. The molecule has 0 saturated heterocycles. The number of carboxylic acid groups (broad SMARTS) is 1. The highest BCUT2D eigenvalue weighted by atomic mass is 16.4. The number of nitrogens with one attached hydrogen (secondary N) is 1. The maximum Gasteiger partial charge on any atom is 0.306 e. The van der Waals surface area contributed by atoms with Crippen LogP contribution in [-0.2, 0) is 9.59 Å². The molecule has 0 aliphatic carbocycles. The van der Waals surface area contributed by atoms with Gasteiger partial charge in [0.2, 0.25) is 5.91 Å². The van der Waals surface area contributed by atoms with Gasteiger partial charge in [-0.05, 0) is 19.8 Å². The molecule has 0 rings (SSSR count). The average molecular weight is 246 g/mol. The van der Waals surface area contributed by atoms with Crippen molar-refractivity contribution in [3.8, 4) is 0 Å². The Morgan fingerprint density at radius 3 is 2.12 bits per heavy atom. The number of carbonyl (C=O) groups excluding carboxylic acids is 1. The molecule has 0 aromatic heterocycles. The highest BCUT2D eigenvalue weighted by molar-refractivity contribution is 5.86. The third kappa shape index (κ3) is 5.14. The largest absolute Gasteiger partial charge is 0.481 e. The topological polar surface area (TPSA) is 113 Å². The van der Waals surface area contributed by atoms with Gasteiger partial charge in [-0.25, -0.2) is 0 Å². The number of carboxylic acids is 1. The summed E-state index contributed by atoms with van der Waals surface area (Å²) in [7, 11) is 0. The van der Waals surface area contributed by atoms with Crippen molar-refractivity contribution in [1.29, 1.82) is 0 Å². The third-order valence-corrected chi connectivity index (χ3v) is 2.88. The molecule has 100 valence electrons. The van der Waals surface area contributed by atoms with E-state index in [0.717, 1.165) is 0 Å². The van der Waals surface area contributed by atoms with Gasteiger partial charge in [0.1, 0.15) is 0 Å². The van der Waals surface area contributed by atoms with E-state index in [1.165, 1.54) is 6.92 Å². The third-order valence-electron chi connectivity index (χ3n) is 2.88. The molecule has 1 atom stereocenters. The number of carbonyl (C=O) groups is 2. The van der Waals surface area contributed by atoms with Gasteiger partial charge in [-0.2, -0.15) is 0 Å². The summed E-state index contributed by atoms with van der Waals surface area (Å²) >= 11 is 0. The van der Waals surface area contributed by atoms with E-state index in [1.54, 1.807) is 13.8 Å². The Morgan fingerprint density at radius 2 is 1.76 bits per heavy atom. The first kappa shape index (κ1) is 15.9. The molecule has 0 spiro atoms. The van der Waals surface area contributed by atoms with Gasteiger partial charge in [-0.1, -0.05) is 13.8 Å². The number of hydrogen-bond acceptors (Lipinski definition) is 4. The van der Waals surface area contributed by atoms with Crippen LogP contribution in [0.4, 0.5) is 0 Å². The fraction of sp³-hybridized carbons (Fsp3) is 0.818. The maximum atomic E-state index is 11.8. The lowest BCUT2D eigenvalue weighted by atomic mass is 9.92. The van der Waals surface area contributed by atoms with E-state index in [2.05, 4.69) is 5.32 Å². The second-order valence-corrected chi connectivity index (χ2v) is 4.61. The van der Waals surface area contributed by atoms with Crippen LogP contribution in [-0.4, -0.2) is 39.8 Å². The molecule has 0 aliphatic rings. The van der Waals surface area contributed by atoms with Crippen LogP contribution in [0.3, 0.4) is 0 Å². The summed E-state index contributed by atoms with van der Waals surface area (Å²) in [5.74, 6) is -1.48. The lowest BCUT2D eigenvalue weighted by Gasteiger charge is -2.28. The van der Waals surface area contributed by atoms with Crippen LogP contribution in [0.25, 0.3) is 0 Å². The van der Waals surface area contributed by atoms with E-state index in [0.29, 0.717) is 12.8 Å². The molecule has 0 aliphatic heterocycles. The lowest BCUT2D eigenvalue weighted by Crippen LogP contribution is -2.55. The van der Waals surface area contributed by atoms with E-state index < -0.39 is 23.5 Å². The van der Waals surface area contributed by atoms with Crippen LogP contribution in [0.15, 0.2) is 0 Å².